The molecule has 3 N–H and O–H groups in total. The minimum absolute atomic E-state index is 0.0901. The van der Waals surface area contributed by atoms with Gasteiger partial charge in [-0.3, -0.25) is 0 Å². The van der Waals surface area contributed by atoms with E-state index in [1.54, 1.807) is 11.8 Å². The predicted molar refractivity (Wildman–Crippen MR) is 84.9 cm³/mol. The third kappa shape index (κ3) is 4.96. The van der Waals surface area contributed by atoms with Crippen LogP contribution in [0.3, 0.4) is 0 Å². The molecule has 1 aromatic carbocycles. The number of hydrogen-bond acceptors (Lipinski definition) is 4. The fourth-order valence-corrected chi connectivity index (χ4v) is 2.51. The lowest BCUT2D eigenvalue weighted by atomic mass is 9.93. The van der Waals surface area contributed by atoms with Gasteiger partial charge in [-0.1, -0.05) is 38.9 Å². The Morgan fingerprint density at radius 1 is 1.40 bits per heavy atom. The number of nitrogens with two attached hydrogens (primary N) is 1. The van der Waals surface area contributed by atoms with Crippen molar-refractivity contribution in [2.75, 3.05) is 12.4 Å². The zero-order valence-electron chi connectivity index (χ0n) is 12.6. The van der Waals surface area contributed by atoms with Crippen molar-refractivity contribution in [1.29, 1.82) is 0 Å². The maximum absolute atomic E-state index is 8.96. The molecule has 5 heteroatoms. The van der Waals surface area contributed by atoms with E-state index in [2.05, 4.69) is 32.9 Å². The summed E-state index contributed by atoms with van der Waals surface area (Å²) < 4.78 is 5.84. The highest BCUT2D eigenvalue weighted by Gasteiger charge is 2.16. The molecule has 0 atom stereocenters. The second-order valence-corrected chi connectivity index (χ2v) is 7.01. The first-order valence-electron chi connectivity index (χ1n) is 6.75. The zero-order valence-corrected chi connectivity index (χ0v) is 13.5. The molecule has 0 amide bonds. The molecular weight excluding hydrogens is 272 g/mol. The lowest BCUT2D eigenvalue weighted by Gasteiger charge is -2.19. The lowest BCUT2D eigenvalue weighted by Crippen LogP contribution is -2.17. The van der Waals surface area contributed by atoms with E-state index in [1.165, 1.54) is 0 Å². The Kier molecular flexibility index (Phi) is 6.20. The first kappa shape index (κ1) is 16.7. The van der Waals surface area contributed by atoms with Gasteiger partial charge in [0.15, 0.2) is 5.84 Å². The smallest absolute Gasteiger partial charge is 0.174 e. The van der Waals surface area contributed by atoms with Gasteiger partial charge in [-0.2, -0.15) is 0 Å². The van der Waals surface area contributed by atoms with E-state index in [0.717, 1.165) is 17.1 Å². The minimum Gasteiger partial charge on any atom is -0.493 e. The molecule has 0 unspecified atom stereocenters. The van der Waals surface area contributed by atoms with Crippen LogP contribution in [0.25, 0.3) is 0 Å². The van der Waals surface area contributed by atoms with Gasteiger partial charge in [-0.25, -0.2) is 0 Å². The van der Waals surface area contributed by atoms with Crippen LogP contribution in [-0.2, 0) is 0 Å². The van der Waals surface area contributed by atoms with Crippen molar-refractivity contribution in [3.05, 3.63) is 23.8 Å². The highest BCUT2D eigenvalue weighted by atomic mass is 32.2. The van der Waals surface area contributed by atoms with E-state index in [-0.39, 0.29) is 11.3 Å². The van der Waals surface area contributed by atoms with E-state index in [0.29, 0.717) is 17.9 Å². The van der Waals surface area contributed by atoms with Crippen LogP contribution in [0.1, 0.15) is 39.7 Å². The topological polar surface area (TPSA) is 67.8 Å². The number of rotatable bonds is 6. The van der Waals surface area contributed by atoms with Crippen LogP contribution in [0.2, 0.25) is 0 Å². The molecule has 0 aliphatic heterocycles. The predicted octanol–water partition coefficient (Wildman–Crippen LogP) is 3.71. The van der Waals surface area contributed by atoms with Gasteiger partial charge < -0.3 is 15.7 Å². The number of amidine groups is 1. The molecule has 0 aromatic heterocycles. The fourth-order valence-electron chi connectivity index (χ4n) is 1.68. The number of hydrogen-bond donors (Lipinski definition) is 2. The summed E-state index contributed by atoms with van der Waals surface area (Å²) in [4.78, 5) is 0.969. The summed E-state index contributed by atoms with van der Waals surface area (Å²) in [5.41, 5.74) is 6.68. The third-order valence-corrected chi connectivity index (χ3v) is 3.70. The molecule has 0 spiro atoms. The molecular formula is C15H24N2O2S. The number of benzene rings is 1. The SMILES string of the molecule is CCSc1cccc(OCCC(C)(C)C)c1/C(N)=N/O. The van der Waals surface area contributed by atoms with Gasteiger partial charge in [0.2, 0.25) is 0 Å². The molecule has 0 fully saturated rings. The zero-order chi connectivity index (χ0) is 15.2. The van der Waals surface area contributed by atoms with Crippen molar-refractivity contribution in [3.63, 3.8) is 0 Å². The molecule has 0 aliphatic rings. The minimum atomic E-state index is 0.0901. The molecule has 0 aliphatic carbocycles. The second-order valence-electron chi connectivity index (χ2n) is 5.71. The summed E-state index contributed by atoms with van der Waals surface area (Å²) in [6.07, 6.45) is 0.938. The van der Waals surface area contributed by atoms with Crippen molar-refractivity contribution in [2.24, 2.45) is 16.3 Å². The summed E-state index contributed by atoms with van der Waals surface area (Å²) in [5.74, 6) is 1.67. The summed E-state index contributed by atoms with van der Waals surface area (Å²) in [6, 6.07) is 5.74. The molecule has 1 aromatic rings. The number of thioether (sulfide) groups is 1. The van der Waals surface area contributed by atoms with Crippen molar-refractivity contribution < 1.29 is 9.94 Å². The third-order valence-electron chi connectivity index (χ3n) is 2.76. The average molecular weight is 296 g/mol. The first-order chi connectivity index (χ1) is 9.39. The Balaban J connectivity index is 2.97. The molecule has 0 heterocycles. The van der Waals surface area contributed by atoms with E-state index >= 15 is 0 Å². The standard InChI is InChI=1S/C15H24N2O2S/c1-5-20-12-8-6-7-11(13(12)14(16)17-18)19-10-9-15(2,3)4/h6-8,18H,5,9-10H2,1-4H3,(H2,16,17). The summed E-state index contributed by atoms with van der Waals surface area (Å²) in [6.45, 7) is 9.18. The molecule has 1 rings (SSSR count). The molecule has 0 saturated heterocycles. The van der Waals surface area contributed by atoms with Crippen LogP contribution < -0.4 is 10.5 Å². The van der Waals surface area contributed by atoms with Crippen LogP contribution in [0, 0.1) is 5.41 Å². The van der Waals surface area contributed by atoms with Crippen LogP contribution >= 0.6 is 11.8 Å². The lowest BCUT2D eigenvalue weighted by molar-refractivity contribution is 0.242. The normalized spacial score (nSPS) is 12.5. The maximum atomic E-state index is 8.96. The van der Waals surface area contributed by atoms with Crippen molar-refractivity contribution in [3.8, 4) is 5.75 Å². The van der Waals surface area contributed by atoms with Gasteiger partial charge in [0.05, 0.1) is 12.2 Å². The largest absolute Gasteiger partial charge is 0.493 e. The van der Waals surface area contributed by atoms with Crippen LogP contribution in [0.4, 0.5) is 0 Å². The molecule has 0 bridgehead atoms. The molecule has 112 valence electrons. The Labute approximate surface area is 125 Å². The number of nitrogens with zero attached hydrogens (tertiary/aromatic N) is 1. The van der Waals surface area contributed by atoms with Gasteiger partial charge in [-0.15, -0.1) is 11.8 Å². The van der Waals surface area contributed by atoms with Crippen molar-refractivity contribution in [1.82, 2.24) is 0 Å². The van der Waals surface area contributed by atoms with E-state index in [1.807, 2.05) is 18.2 Å². The van der Waals surface area contributed by atoms with Gasteiger partial charge in [0.1, 0.15) is 5.75 Å². The molecule has 4 nitrogen and oxygen atoms in total. The second kappa shape index (κ2) is 7.43. The van der Waals surface area contributed by atoms with Crippen LogP contribution in [0.5, 0.6) is 5.75 Å². The van der Waals surface area contributed by atoms with E-state index in [4.69, 9.17) is 15.7 Å². The molecule has 0 saturated carbocycles. The van der Waals surface area contributed by atoms with Crippen LogP contribution in [-0.4, -0.2) is 23.4 Å². The Bertz CT molecular complexity index is 467. The van der Waals surface area contributed by atoms with Gasteiger partial charge in [0.25, 0.3) is 0 Å². The Hall–Kier alpha value is -1.36. The molecule has 20 heavy (non-hydrogen) atoms. The average Bonchev–Trinajstić information content (AvgIpc) is 2.37. The summed E-state index contributed by atoms with van der Waals surface area (Å²) >= 11 is 1.65. The van der Waals surface area contributed by atoms with E-state index < -0.39 is 0 Å². The van der Waals surface area contributed by atoms with E-state index in [9.17, 15) is 0 Å². The van der Waals surface area contributed by atoms with Gasteiger partial charge in [-0.05, 0) is 29.7 Å². The van der Waals surface area contributed by atoms with Crippen molar-refractivity contribution in [2.45, 2.75) is 39.0 Å². The molecule has 0 radical (unpaired) electrons. The van der Waals surface area contributed by atoms with Crippen molar-refractivity contribution >= 4 is 17.6 Å². The maximum Gasteiger partial charge on any atom is 0.174 e. The van der Waals surface area contributed by atoms with Gasteiger partial charge >= 0.3 is 0 Å². The summed E-state index contributed by atoms with van der Waals surface area (Å²) in [7, 11) is 0. The Morgan fingerprint density at radius 3 is 2.65 bits per heavy atom. The number of oxime groups is 1. The summed E-state index contributed by atoms with van der Waals surface area (Å²) in [5, 5.41) is 12.1. The Morgan fingerprint density at radius 2 is 2.10 bits per heavy atom. The highest BCUT2D eigenvalue weighted by molar-refractivity contribution is 7.99. The van der Waals surface area contributed by atoms with Crippen LogP contribution in [0.15, 0.2) is 28.3 Å². The fraction of sp³-hybridized carbons (Fsp3) is 0.533. The highest BCUT2D eigenvalue weighted by Crippen LogP contribution is 2.30. The first-order valence-corrected chi connectivity index (χ1v) is 7.74. The monoisotopic (exact) mass is 296 g/mol. The quantitative estimate of drug-likeness (QED) is 0.276. The number of ether oxygens (including phenoxy) is 1. The van der Waals surface area contributed by atoms with Gasteiger partial charge in [0, 0.05) is 4.90 Å².